The van der Waals surface area contributed by atoms with Crippen LogP contribution in [-0.4, -0.2) is 19.6 Å². The molecule has 21 heavy (non-hydrogen) atoms. The molecule has 0 saturated heterocycles. The average molecular weight is 283 g/mol. The molecule has 0 aliphatic heterocycles. The number of hydrogen-bond donors (Lipinski definition) is 1. The van der Waals surface area contributed by atoms with Gasteiger partial charge in [-0.15, -0.1) is 0 Å². The number of benzene rings is 2. The minimum atomic E-state index is -0.548. The zero-order chi connectivity index (χ0) is 15.1. The van der Waals surface area contributed by atoms with Crippen LogP contribution in [0, 0.1) is 17.7 Å². The first kappa shape index (κ1) is 14.6. The summed E-state index contributed by atoms with van der Waals surface area (Å²) in [5.74, 6) is 5.35. The van der Waals surface area contributed by atoms with Crippen molar-refractivity contribution in [2.45, 2.75) is 0 Å². The van der Waals surface area contributed by atoms with Crippen LogP contribution in [0.15, 0.2) is 48.5 Å². The van der Waals surface area contributed by atoms with Crippen molar-refractivity contribution in [1.82, 2.24) is 5.32 Å². The van der Waals surface area contributed by atoms with Crippen molar-refractivity contribution in [1.29, 1.82) is 0 Å². The number of rotatable bonds is 3. The number of methoxy groups -OCH3 is 1. The molecule has 0 atom stereocenters. The molecule has 1 N–H and O–H groups in total. The number of para-hydroxylation sites is 1. The lowest BCUT2D eigenvalue weighted by atomic mass is 10.2. The van der Waals surface area contributed by atoms with E-state index in [-0.39, 0.29) is 12.1 Å². The van der Waals surface area contributed by atoms with Gasteiger partial charge in [0.15, 0.2) is 0 Å². The Bertz CT molecular complexity index is 701. The summed E-state index contributed by atoms with van der Waals surface area (Å²) in [6.45, 7) is 0.130. The van der Waals surface area contributed by atoms with Gasteiger partial charge in [-0.1, -0.05) is 36.1 Å². The average Bonchev–Trinajstić information content (AvgIpc) is 2.52. The smallest absolute Gasteiger partial charge is 0.255 e. The van der Waals surface area contributed by atoms with E-state index in [9.17, 15) is 9.18 Å². The Hall–Kier alpha value is -2.80. The highest BCUT2D eigenvalue weighted by Crippen LogP contribution is 2.15. The van der Waals surface area contributed by atoms with Crippen LogP contribution in [0.25, 0.3) is 0 Å². The predicted octanol–water partition coefficient (Wildman–Crippen LogP) is 2.62. The molecule has 0 radical (unpaired) electrons. The lowest BCUT2D eigenvalue weighted by Gasteiger charge is -2.03. The summed E-state index contributed by atoms with van der Waals surface area (Å²) in [4.78, 5) is 11.8. The number of amides is 1. The molecule has 0 aliphatic carbocycles. The van der Waals surface area contributed by atoms with Gasteiger partial charge < -0.3 is 10.1 Å². The first-order chi connectivity index (χ1) is 10.2. The SMILES string of the molecule is COc1ccccc1C#CCNC(=O)c1ccccc1F. The minimum Gasteiger partial charge on any atom is -0.495 e. The predicted molar refractivity (Wildman–Crippen MR) is 78.6 cm³/mol. The van der Waals surface area contributed by atoms with Crippen LogP contribution in [0.2, 0.25) is 0 Å². The third-order valence-electron chi connectivity index (χ3n) is 2.79. The van der Waals surface area contributed by atoms with Crippen molar-refractivity contribution in [3.63, 3.8) is 0 Å². The van der Waals surface area contributed by atoms with Gasteiger partial charge in [0.2, 0.25) is 0 Å². The zero-order valence-corrected chi connectivity index (χ0v) is 11.5. The van der Waals surface area contributed by atoms with Gasteiger partial charge in [0.05, 0.1) is 24.8 Å². The fourth-order valence-electron chi connectivity index (χ4n) is 1.75. The van der Waals surface area contributed by atoms with E-state index in [4.69, 9.17) is 4.74 Å². The molecular weight excluding hydrogens is 269 g/mol. The van der Waals surface area contributed by atoms with Crippen molar-refractivity contribution in [2.75, 3.05) is 13.7 Å². The molecule has 4 heteroatoms. The standard InChI is InChI=1S/C17H14FNO2/c1-21-16-11-5-2-7-13(16)8-6-12-19-17(20)14-9-3-4-10-15(14)18/h2-5,7,9-11H,12H2,1H3,(H,19,20). The number of nitrogens with one attached hydrogen (secondary N) is 1. The number of carbonyl (C=O) groups is 1. The van der Waals surface area contributed by atoms with E-state index in [2.05, 4.69) is 17.2 Å². The van der Waals surface area contributed by atoms with Crippen LogP contribution in [0.4, 0.5) is 4.39 Å². The van der Waals surface area contributed by atoms with E-state index in [1.807, 2.05) is 24.3 Å². The van der Waals surface area contributed by atoms with Crippen LogP contribution < -0.4 is 10.1 Å². The normalized spacial score (nSPS) is 9.43. The molecule has 106 valence electrons. The quantitative estimate of drug-likeness (QED) is 0.879. The van der Waals surface area contributed by atoms with Crippen molar-refractivity contribution in [3.8, 4) is 17.6 Å². The Morgan fingerprint density at radius 1 is 1.19 bits per heavy atom. The van der Waals surface area contributed by atoms with Gasteiger partial charge in [0.1, 0.15) is 11.6 Å². The first-order valence-electron chi connectivity index (χ1n) is 6.37. The molecule has 0 heterocycles. The van der Waals surface area contributed by atoms with Gasteiger partial charge in [-0.05, 0) is 24.3 Å². The molecular formula is C17H14FNO2. The van der Waals surface area contributed by atoms with Crippen LogP contribution in [-0.2, 0) is 0 Å². The van der Waals surface area contributed by atoms with Gasteiger partial charge in [-0.2, -0.15) is 0 Å². The third kappa shape index (κ3) is 3.83. The molecule has 3 nitrogen and oxygen atoms in total. The molecule has 2 aromatic rings. The number of ether oxygens (including phenoxy) is 1. The highest BCUT2D eigenvalue weighted by molar-refractivity contribution is 5.94. The van der Waals surface area contributed by atoms with E-state index < -0.39 is 11.7 Å². The third-order valence-corrected chi connectivity index (χ3v) is 2.79. The monoisotopic (exact) mass is 283 g/mol. The van der Waals surface area contributed by atoms with Crippen molar-refractivity contribution in [3.05, 3.63) is 65.5 Å². The Morgan fingerprint density at radius 2 is 1.90 bits per heavy atom. The summed E-state index contributed by atoms with van der Waals surface area (Å²) in [5, 5.41) is 2.55. The Balaban J connectivity index is 1.98. The molecule has 0 aliphatic rings. The Morgan fingerprint density at radius 3 is 2.67 bits per heavy atom. The summed E-state index contributed by atoms with van der Waals surface area (Å²) in [6, 6.07) is 13.2. The van der Waals surface area contributed by atoms with Crippen molar-refractivity contribution < 1.29 is 13.9 Å². The summed E-state index contributed by atoms with van der Waals surface area (Å²) in [7, 11) is 1.57. The van der Waals surface area contributed by atoms with Gasteiger partial charge >= 0.3 is 0 Å². The fraction of sp³-hybridized carbons (Fsp3) is 0.118. The summed E-state index contributed by atoms with van der Waals surface area (Å²) in [6.07, 6.45) is 0. The van der Waals surface area contributed by atoms with E-state index in [1.165, 1.54) is 18.2 Å². The van der Waals surface area contributed by atoms with Crippen LogP contribution in [0.1, 0.15) is 15.9 Å². The Kier molecular flexibility index (Phi) is 4.94. The zero-order valence-electron chi connectivity index (χ0n) is 11.5. The minimum absolute atomic E-state index is 0.0107. The van der Waals surface area contributed by atoms with Gasteiger partial charge in [-0.25, -0.2) is 4.39 Å². The topological polar surface area (TPSA) is 38.3 Å². The molecule has 2 aromatic carbocycles. The van der Waals surface area contributed by atoms with Gasteiger partial charge in [0.25, 0.3) is 5.91 Å². The number of carbonyl (C=O) groups excluding carboxylic acids is 1. The van der Waals surface area contributed by atoms with E-state index in [1.54, 1.807) is 13.2 Å². The maximum Gasteiger partial charge on any atom is 0.255 e. The second kappa shape index (κ2) is 7.11. The summed E-state index contributed by atoms with van der Waals surface area (Å²) in [5.41, 5.74) is 0.747. The van der Waals surface area contributed by atoms with Crippen molar-refractivity contribution in [2.24, 2.45) is 0 Å². The second-order valence-corrected chi connectivity index (χ2v) is 4.16. The highest BCUT2D eigenvalue weighted by atomic mass is 19.1. The summed E-state index contributed by atoms with van der Waals surface area (Å²) >= 11 is 0. The molecule has 0 saturated carbocycles. The van der Waals surface area contributed by atoms with Crippen LogP contribution in [0.5, 0.6) is 5.75 Å². The lowest BCUT2D eigenvalue weighted by molar-refractivity contribution is 0.0954. The van der Waals surface area contributed by atoms with E-state index in [0.29, 0.717) is 5.75 Å². The Labute approximate surface area is 122 Å². The molecule has 0 fully saturated rings. The van der Waals surface area contributed by atoms with Gasteiger partial charge in [-0.3, -0.25) is 4.79 Å². The molecule has 0 bridgehead atoms. The van der Waals surface area contributed by atoms with E-state index in [0.717, 1.165) is 5.56 Å². The maximum absolute atomic E-state index is 13.4. The summed E-state index contributed by atoms with van der Waals surface area (Å²) < 4.78 is 18.6. The maximum atomic E-state index is 13.4. The lowest BCUT2D eigenvalue weighted by Crippen LogP contribution is -2.24. The van der Waals surface area contributed by atoms with Crippen molar-refractivity contribution >= 4 is 5.91 Å². The molecule has 0 spiro atoms. The molecule has 2 rings (SSSR count). The fourth-order valence-corrected chi connectivity index (χ4v) is 1.75. The second-order valence-electron chi connectivity index (χ2n) is 4.16. The highest BCUT2D eigenvalue weighted by Gasteiger charge is 2.08. The molecule has 0 unspecified atom stereocenters. The van der Waals surface area contributed by atoms with Crippen LogP contribution in [0.3, 0.4) is 0 Å². The van der Waals surface area contributed by atoms with Gasteiger partial charge in [0, 0.05) is 0 Å². The van der Waals surface area contributed by atoms with E-state index >= 15 is 0 Å². The number of hydrogen-bond acceptors (Lipinski definition) is 2. The molecule has 1 amide bonds. The largest absolute Gasteiger partial charge is 0.495 e. The first-order valence-corrected chi connectivity index (χ1v) is 6.37. The molecule has 0 aromatic heterocycles. The van der Waals surface area contributed by atoms with Crippen LogP contribution >= 0.6 is 0 Å². The number of halogens is 1.